The molecule has 0 aromatic rings. The van der Waals surface area contributed by atoms with E-state index in [1.807, 2.05) is 0 Å². The molecule has 2 atom stereocenters. The van der Waals surface area contributed by atoms with Crippen molar-refractivity contribution in [1.29, 1.82) is 0 Å². The van der Waals surface area contributed by atoms with Crippen molar-refractivity contribution in [3.8, 4) is 0 Å². The molecule has 0 aromatic heterocycles. The number of nitrogens with zero attached hydrogens (tertiary/aromatic N) is 1. The summed E-state index contributed by atoms with van der Waals surface area (Å²) in [4.78, 5) is 13.1. The lowest BCUT2D eigenvalue weighted by atomic mass is 9.94. The summed E-state index contributed by atoms with van der Waals surface area (Å²) in [6.45, 7) is 8.72. The molecule has 1 rings (SSSR count). The van der Waals surface area contributed by atoms with E-state index in [2.05, 4.69) is 32.6 Å². The normalized spacial score (nSPS) is 26.3. The zero-order chi connectivity index (χ0) is 12.3. The third-order valence-corrected chi connectivity index (χ3v) is 3.71. The van der Waals surface area contributed by atoms with Gasteiger partial charge in [-0.1, -0.05) is 19.8 Å². The van der Waals surface area contributed by atoms with E-state index in [0.717, 1.165) is 12.8 Å². The van der Waals surface area contributed by atoms with Crippen LogP contribution >= 0.6 is 0 Å². The van der Waals surface area contributed by atoms with Crippen molar-refractivity contribution in [2.24, 2.45) is 5.92 Å². The van der Waals surface area contributed by atoms with Crippen molar-refractivity contribution in [3.63, 3.8) is 0 Å². The molecule has 94 valence electrons. The van der Waals surface area contributed by atoms with Gasteiger partial charge in [0, 0.05) is 11.6 Å². The molecule has 0 heterocycles. The van der Waals surface area contributed by atoms with E-state index >= 15 is 0 Å². The van der Waals surface area contributed by atoms with Crippen LogP contribution < -0.4 is 0 Å². The standard InChI is InChI=1S/C13H25NO2/c1-5-10-7-6-8-11(10)14(9-12(15)16)13(2,3)4/h10-11H,5-9H2,1-4H3,(H,15,16). The Labute approximate surface area is 98.8 Å². The molecule has 1 N–H and O–H groups in total. The minimum atomic E-state index is -0.711. The highest BCUT2D eigenvalue weighted by molar-refractivity contribution is 5.69. The average molecular weight is 227 g/mol. The minimum Gasteiger partial charge on any atom is -0.480 e. The van der Waals surface area contributed by atoms with E-state index in [1.165, 1.54) is 12.8 Å². The van der Waals surface area contributed by atoms with Gasteiger partial charge in [0.05, 0.1) is 6.54 Å². The Bertz CT molecular complexity index is 245. The zero-order valence-electron chi connectivity index (χ0n) is 11.0. The van der Waals surface area contributed by atoms with Crippen molar-refractivity contribution >= 4 is 5.97 Å². The molecule has 0 amide bonds. The van der Waals surface area contributed by atoms with Crippen molar-refractivity contribution in [2.75, 3.05) is 6.54 Å². The fourth-order valence-electron chi connectivity index (χ4n) is 2.90. The number of aliphatic carboxylic acids is 1. The third kappa shape index (κ3) is 3.21. The summed E-state index contributed by atoms with van der Waals surface area (Å²) < 4.78 is 0. The van der Waals surface area contributed by atoms with Crippen molar-refractivity contribution in [2.45, 2.75) is 65.0 Å². The van der Waals surface area contributed by atoms with Gasteiger partial charge in [-0.3, -0.25) is 9.69 Å². The summed E-state index contributed by atoms with van der Waals surface area (Å²) in [5.74, 6) is -0.0322. The van der Waals surface area contributed by atoms with E-state index in [1.54, 1.807) is 0 Å². The average Bonchev–Trinajstić information content (AvgIpc) is 2.59. The summed E-state index contributed by atoms with van der Waals surface area (Å²) in [5.41, 5.74) is -0.0547. The Balaban J connectivity index is 2.79. The van der Waals surface area contributed by atoms with Crippen LogP contribution in [0, 0.1) is 5.92 Å². The quantitative estimate of drug-likeness (QED) is 0.803. The first-order valence-electron chi connectivity index (χ1n) is 6.34. The number of carbonyl (C=O) groups is 1. The van der Waals surface area contributed by atoms with Crippen LogP contribution in [-0.2, 0) is 4.79 Å². The fourth-order valence-corrected chi connectivity index (χ4v) is 2.90. The molecule has 3 heteroatoms. The van der Waals surface area contributed by atoms with E-state index in [4.69, 9.17) is 5.11 Å². The van der Waals surface area contributed by atoms with Gasteiger partial charge in [0.2, 0.25) is 0 Å². The first kappa shape index (κ1) is 13.5. The van der Waals surface area contributed by atoms with Crippen LogP contribution in [0.15, 0.2) is 0 Å². The largest absolute Gasteiger partial charge is 0.480 e. The second-order valence-electron chi connectivity index (χ2n) is 5.86. The lowest BCUT2D eigenvalue weighted by Gasteiger charge is -2.41. The highest BCUT2D eigenvalue weighted by atomic mass is 16.4. The fraction of sp³-hybridized carbons (Fsp3) is 0.923. The maximum Gasteiger partial charge on any atom is 0.317 e. The summed E-state index contributed by atoms with van der Waals surface area (Å²) in [7, 11) is 0. The molecule has 0 saturated heterocycles. The molecule has 1 saturated carbocycles. The highest BCUT2D eigenvalue weighted by Crippen LogP contribution is 2.35. The zero-order valence-corrected chi connectivity index (χ0v) is 11.0. The summed E-state index contributed by atoms with van der Waals surface area (Å²) in [6, 6.07) is 0.459. The molecule has 1 aliphatic rings. The molecule has 16 heavy (non-hydrogen) atoms. The van der Waals surface area contributed by atoms with Crippen molar-refractivity contribution in [3.05, 3.63) is 0 Å². The Hall–Kier alpha value is -0.570. The Morgan fingerprint density at radius 2 is 2.00 bits per heavy atom. The first-order valence-corrected chi connectivity index (χ1v) is 6.34. The van der Waals surface area contributed by atoms with Crippen LogP contribution in [0.25, 0.3) is 0 Å². The van der Waals surface area contributed by atoms with Crippen molar-refractivity contribution < 1.29 is 9.90 Å². The molecule has 0 bridgehead atoms. The summed E-state index contributed by atoms with van der Waals surface area (Å²) in [6.07, 6.45) is 4.82. The number of carboxylic acids is 1. The minimum absolute atomic E-state index is 0.0547. The Kier molecular flexibility index (Phi) is 4.36. The van der Waals surface area contributed by atoms with Crippen molar-refractivity contribution in [1.82, 2.24) is 4.90 Å². The SMILES string of the molecule is CCC1CCCC1N(CC(=O)O)C(C)(C)C. The van der Waals surface area contributed by atoms with E-state index in [9.17, 15) is 4.79 Å². The second-order valence-corrected chi connectivity index (χ2v) is 5.86. The van der Waals surface area contributed by atoms with Gasteiger partial charge < -0.3 is 5.11 Å². The van der Waals surface area contributed by atoms with Crippen LogP contribution in [-0.4, -0.2) is 34.1 Å². The van der Waals surface area contributed by atoms with Gasteiger partial charge in [0.1, 0.15) is 0 Å². The molecule has 0 radical (unpaired) electrons. The van der Waals surface area contributed by atoms with Crippen LogP contribution in [0.3, 0.4) is 0 Å². The molecular formula is C13H25NO2. The lowest BCUT2D eigenvalue weighted by molar-refractivity contribution is -0.141. The maximum absolute atomic E-state index is 11.0. The van der Waals surface area contributed by atoms with Crippen LogP contribution in [0.4, 0.5) is 0 Å². The molecule has 1 fully saturated rings. The molecular weight excluding hydrogens is 202 g/mol. The van der Waals surface area contributed by atoms with E-state index < -0.39 is 5.97 Å². The predicted octanol–water partition coefficient (Wildman–Crippen LogP) is 2.75. The van der Waals surface area contributed by atoms with E-state index in [0.29, 0.717) is 12.0 Å². The molecule has 2 unspecified atom stereocenters. The number of carboxylic acid groups (broad SMARTS) is 1. The van der Waals surface area contributed by atoms with E-state index in [-0.39, 0.29) is 12.1 Å². The monoisotopic (exact) mass is 227 g/mol. The predicted molar refractivity (Wildman–Crippen MR) is 65.5 cm³/mol. The maximum atomic E-state index is 11.0. The smallest absolute Gasteiger partial charge is 0.317 e. The van der Waals surface area contributed by atoms with Gasteiger partial charge in [-0.25, -0.2) is 0 Å². The number of hydrogen-bond acceptors (Lipinski definition) is 2. The molecule has 0 aliphatic heterocycles. The lowest BCUT2D eigenvalue weighted by Crippen LogP contribution is -2.51. The molecule has 0 aromatic carbocycles. The van der Waals surface area contributed by atoms with Gasteiger partial charge >= 0.3 is 5.97 Å². The number of rotatable bonds is 4. The van der Waals surface area contributed by atoms with Gasteiger partial charge in [-0.2, -0.15) is 0 Å². The highest BCUT2D eigenvalue weighted by Gasteiger charge is 2.37. The molecule has 3 nitrogen and oxygen atoms in total. The summed E-state index contributed by atoms with van der Waals surface area (Å²) >= 11 is 0. The number of hydrogen-bond donors (Lipinski definition) is 1. The van der Waals surface area contributed by atoms with Gasteiger partial charge in [-0.15, -0.1) is 0 Å². The van der Waals surface area contributed by atoms with Gasteiger partial charge in [0.25, 0.3) is 0 Å². The van der Waals surface area contributed by atoms with Crippen LogP contribution in [0.1, 0.15) is 53.4 Å². The van der Waals surface area contributed by atoms with Crippen LogP contribution in [0.5, 0.6) is 0 Å². The first-order chi connectivity index (χ1) is 7.36. The second kappa shape index (κ2) is 5.17. The Morgan fingerprint density at radius 3 is 2.44 bits per heavy atom. The molecule has 0 spiro atoms. The summed E-state index contributed by atoms with van der Waals surface area (Å²) in [5, 5.41) is 9.02. The van der Waals surface area contributed by atoms with Gasteiger partial charge in [-0.05, 0) is 39.5 Å². The molecule has 1 aliphatic carbocycles. The Morgan fingerprint density at radius 1 is 1.38 bits per heavy atom. The third-order valence-electron chi connectivity index (χ3n) is 3.71. The topological polar surface area (TPSA) is 40.5 Å². The van der Waals surface area contributed by atoms with Gasteiger partial charge in [0.15, 0.2) is 0 Å². The van der Waals surface area contributed by atoms with Crippen LogP contribution in [0.2, 0.25) is 0 Å².